The normalized spacial score (nSPS) is 12.9. The topological polar surface area (TPSA) is 37.3 Å². The summed E-state index contributed by atoms with van der Waals surface area (Å²) in [5.41, 5.74) is 0. The van der Waals surface area contributed by atoms with Gasteiger partial charge in [-0.25, -0.2) is 0 Å². The lowest BCUT2D eigenvalue weighted by molar-refractivity contribution is -0.137. The van der Waals surface area contributed by atoms with Crippen molar-refractivity contribution in [3.8, 4) is 0 Å². The summed E-state index contributed by atoms with van der Waals surface area (Å²) in [7, 11) is 0. The minimum Gasteiger partial charge on any atom is -0.481 e. The highest BCUT2D eigenvalue weighted by Crippen LogP contribution is 2.12. The molecule has 0 aromatic rings. The van der Waals surface area contributed by atoms with Crippen LogP contribution in [0.3, 0.4) is 0 Å². The van der Waals surface area contributed by atoms with Gasteiger partial charge in [-0.15, -0.1) is 0 Å². The number of carbonyl (C=O) groups is 1. The van der Waals surface area contributed by atoms with Crippen molar-refractivity contribution in [2.75, 3.05) is 0 Å². The smallest absolute Gasteiger partial charge is 0.303 e. The Morgan fingerprint density at radius 1 is 1.00 bits per heavy atom. The Hall–Kier alpha value is -0.790. The summed E-state index contributed by atoms with van der Waals surface area (Å²) in [5.74, 6) is 0.208. The van der Waals surface area contributed by atoms with Gasteiger partial charge < -0.3 is 5.11 Å². The largest absolute Gasteiger partial charge is 0.481 e. The molecule has 0 fully saturated rings. The molecule has 0 spiro atoms. The molecule has 2 heteroatoms. The molecule has 0 unspecified atom stereocenters. The van der Waals surface area contributed by atoms with Gasteiger partial charge in [0.25, 0.3) is 0 Å². The van der Waals surface area contributed by atoms with E-state index in [2.05, 4.69) is 26.0 Å². The van der Waals surface area contributed by atoms with Crippen LogP contribution in [0.2, 0.25) is 0 Å². The standard InChI is InChI=1S/C17H32O2/c1-3-16(2)14-12-10-8-6-4-5-7-9-11-13-15-17(18)19/h6,8,16H,3-5,7,9-15H2,1-2H3,(H,18,19)/t16-/m1/s1. The molecule has 0 saturated heterocycles. The molecule has 1 atom stereocenters. The Labute approximate surface area is 119 Å². The van der Waals surface area contributed by atoms with E-state index in [-0.39, 0.29) is 0 Å². The van der Waals surface area contributed by atoms with Crippen molar-refractivity contribution in [1.29, 1.82) is 0 Å². The number of hydrogen-bond donors (Lipinski definition) is 1. The summed E-state index contributed by atoms with van der Waals surface area (Å²) in [6, 6.07) is 0. The Morgan fingerprint density at radius 2 is 1.58 bits per heavy atom. The molecular weight excluding hydrogens is 236 g/mol. The van der Waals surface area contributed by atoms with E-state index in [1.165, 1.54) is 51.4 Å². The fourth-order valence-corrected chi connectivity index (χ4v) is 2.09. The van der Waals surface area contributed by atoms with E-state index < -0.39 is 5.97 Å². The van der Waals surface area contributed by atoms with Crippen LogP contribution in [0.15, 0.2) is 12.2 Å². The molecule has 0 aliphatic rings. The molecule has 0 aromatic heterocycles. The van der Waals surface area contributed by atoms with E-state index in [1.54, 1.807) is 0 Å². The minimum atomic E-state index is -0.666. The second kappa shape index (κ2) is 13.6. The van der Waals surface area contributed by atoms with E-state index >= 15 is 0 Å². The first-order chi connectivity index (χ1) is 9.16. The third kappa shape index (κ3) is 15.2. The van der Waals surface area contributed by atoms with E-state index in [1.807, 2.05) is 0 Å². The van der Waals surface area contributed by atoms with Crippen molar-refractivity contribution >= 4 is 5.97 Å². The summed E-state index contributed by atoms with van der Waals surface area (Å²) in [4.78, 5) is 10.3. The van der Waals surface area contributed by atoms with Gasteiger partial charge in [-0.3, -0.25) is 4.79 Å². The van der Waals surface area contributed by atoms with Crippen molar-refractivity contribution in [2.45, 2.75) is 84.5 Å². The molecule has 1 N–H and O–H groups in total. The van der Waals surface area contributed by atoms with Crippen LogP contribution in [0.1, 0.15) is 84.5 Å². The molecule has 19 heavy (non-hydrogen) atoms. The maximum absolute atomic E-state index is 10.3. The molecule has 0 radical (unpaired) electrons. The lowest BCUT2D eigenvalue weighted by atomic mass is 10.0. The average molecular weight is 268 g/mol. The van der Waals surface area contributed by atoms with Gasteiger partial charge in [0.15, 0.2) is 0 Å². The van der Waals surface area contributed by atoms with Crippen molar-refractivity contribution in [3.05, 3.63) is 12.2 Å². The highest BCUT2D eigenvalue weighted by molar-refractivity contribution is 5.66. The van der Waals surface area contributed by atoms with Gasteiger partial charge in [-0.05, 0) is 38.0 Å². The number of aliphatic carboxylic acids is 1. The molecule has 0 amide bonds. The average Bonchev–Trinajstić information content (AvgIpc) is 2.39. The van der Waals surface area contributed by atoms with Crippen molar-refractivity contribution < 1.29 is 9.90 Å². The Kier molecular flexibility index (Phi) is 13.1. The van der Waals surface area contributed by atoms with Crippen LogP contribution in [0.25, 0.3) is 0 Å². The van der Waals surface area contributed by atoms with Crippen LogP contribution in [-0.4, -0.2) is 11.1 Å². The van der Waals surface area contributed by atoms with Gasteiger partial charge in [0.05, 0.1) is 0 Å². The first-order valence-electron chi connectivity index (χ1n) is 8.03. The molecule has 0 bridgehead atoms. The summed E-state index contributed by atoms with van der Waals surface area (Å²) >= 11 is 0. The lowest BCUT2D eigenvalue weighted by Crippen LogP contribution is -1.93. The highest BCUT2D eigenvalue weighted by Gasteiger charge is 1.97. The summed E-state index contributed by atoms with van der Waals surface area (Å²) in [6.45, 7) is 4.59. The van der Waals surface area contributed by atoms with Crippen LogP contribution in [0.5, 0.6) is 0 Å². The zero-order valence-electron chi connectivity index (χ0n) is 12.9. The number of hydrogen-bond acceptors (Lipinski definition) is 1. The predicted molar refractivity (Wildman–Crippen MR) is 82.4 cm³/mol. The lowest BCUT2D eigenvalue weighted by Gasteiger charge is -2.05. The maximum Gasteiger partial charge on any atom is 0.303 e. The monoisotopic (exact) mass is 268 g/mol. The Morgan fingerprint density at radius 3 is 2.21 bits per heavy atom. The number of rotatable bonds is 13. The SMILES string of the molecule is CC[C@@H](C)CCCC=CCCCCCCCC(=O)O. The summed E-state index contributed by atoms with van der Waals surface area (Å²) in [6.07, 6.45) is 16.9. The fraction of sp³-hybridized carbons (Fsp3) is 0.824. The van der Waals surface area contributed by atoms with Crippen LogP contribution < -0.4 is 0 Å². The minimum absolute atomic E-state index is 0.329. The van der Waals surface area contributed by atoms with E-state index in [0.717, 1.165) is 18.8 Å². The van der Waals surface area contributed by atoms with Crippen molar-refractivity contribution in [1.82, 2.24) is 0 Å². The first-order valence-corrected chi connectivity index (χ1v) is 8.03. The second-order valence-electron chi connectivity index (χ2n) is 5.62. The predicted octanol–water partition coefficient (Wildman–Crippen LogP) is 5.57. The van der Waals surface area contributed by atoms with Gasteiger partial charge in [0.1, 0.15) is 0 Å². The van der Waals surface area contributed by atoms with Gasteiger partial charge >= 0.3 is 5.97 Å². The van der Waals surface area contributed by atoms with Crippen LogP contribution >= 0.6 is 0 Å². The van der Waals surface area contributed by atoms with Gasteiger partial charge in [-0.1, -0.05) is 58.1 Å². The third-order valence-corrected chi connectivity index (χ3v) is 3.69. The maximum atomic E-state index is 10.3. The van der Waals surface area contributed by atoms with Crippen LogP contribution in [0, 0.1) is 5.92 Å². The van der Waals surface area contributed by atoms with E-state index in [4.69, 9.17) is 5.11 Å². The number of allylic oxidation sites excluding steroid dienone is 2. The Bertz CT molecular complexity index is 233. The fourth-order valence-electron chi connectivity index (χ4n) is 2.09. The molecule has 0 rings (SSSR count). The second-order valence-corrected chi connectivity index (χ2v) is 5.62. The number of carboxylic acids is 1. The summed E-state index contributed by atoms with van der Waals surface area (Å²) < 4.78 is 0. The van der Waals surface area contributed by atoms with Gasteiger partial charge in [0.2, 0.25) is 0 Å². The van der Waals surface area contributed by atoms with Crippen LogP contribution in [0.4, 0.5) is 0 Å². The van der Waals surface area contributed by atoms with Crippen molar-refractivity contribution in [2.24, 2.45) is 5.92 Å². The van der Waals surface area contributed by atoms with E-state index in [0.29, 0.717) is 6.42 Å². The molecule has 0 aliphatic heterocycles. The number of unbranched alkanes of at least 4 members (excludes halogenated alkanes) is 6. The molecule has 0 aliphatic carbocycles. The quantitative estimate of drug-likeness (QED) is 0.350. The molecule has 0 saturated carbocycles. The van der Waals surface area contributed by atoms with Crippen molar-refractivity contribution in [3.63, 3.8) is 0 Å². The number of carboxylic acid groups (broad SMARTS) is 1. The summed E-state index contributed by atoms with van der Waals surface area (Å²) in [5, 5.41) is 8.50. The molecule has 0 aromatic carbocycles. The zero-order valence-corrected chi connectivity index (χ0v) is 12.9. The molecular formula is C17H32O2. The molecule has 112 valence electrons. The highest BCUT2D eigenvalue weighted by atomic mass is 16.4. The van der Waals surface area contributed by atoms with E-state index in [9.17, 15) is 4.79 Å². The first kappa shape index (κ1) is 18.2. The van der Waals surface area contributed by atoms with Gasteiger partial charge in [-0.2, -0.15) is 0 Å². The zero-order chi connectivity index (χ0) is 14.3. The van der Waals surface area contributed by atoms with Crippen LogP contribution in [-0.2, 0) is 4.79 Å². The third-order valence-electron chi connectivity index (χ3n) is 3.69. The van der Waals surface area contributed by atoms with Gasteiger partial charge in [0, 0.05) is 6.42 Å². The Balaban J connectivity index is 3.15. The molecule has 2 nitrogen and oxygen atoms in total. The molecule has 0 heterocycles.